The van der Waals surface area contributed by atoms with E-state index in [-0.39, 0.29) is 48.2 Å². The van der Waals surface area contributed by atoms with Gasteiger partial charge in [-0.2, -0.15) is 5.26 Å². The Morgan fingerprint density at radius 3 is 2.56 bits per heavy atom. The number of carbonyl (C=O) groups excluding carboxylic acids is 1. The summed E-state index contributed by atoms with van der Waals surface area (Å²) in [5.41, 5.74) is -0.813. The molecule has 0 spiro atoms. The molecule has 176 valence electrons. The summed E-state index contributed by atoms with van der Waals surface area (Å²) in [6.45, 7) is 6.19. The van der Waals surface area contributed by atoms with Crippen molar-refractivity contribution in [1.29, 1.82) is 5.26 Å². The predicted octanol–water partition coefficient (Wildman–Crippen LogP) is 2.35. The summed E-state index contributed by atoms with van der Waals surface area (Å²) < 4.78 is 54.5. The summed E-state index contributed by atoms with van der Waals surface area (Å²) in [6, 6.07) is 5.91. The second-order valence-electron chi connectivity index (χ2n) is 9.47. The molecule has 1 aromatic carbocycles. The summed E-state index contributed by atoms with van der Waals surface area (Å²) in [5, 5.41) is 12.5. The summed E-state index contributed by atoms with van der Waals surface area (Å²) in [6.07, 6.45) is 0.333. The van der Waals surface area contributed by atoms with Crippen LogP contribution in [-0.2, 0) is 14.8 Å². The molecule has 1 aromatic rings. The Bertz CT molecular complexity index is 993. The first-order valence-electron chi connectivity index (χ1n) is 10.7. The highest BCUT2D eigenvalue weighted by Crippen LogP contribution is 2.49. The number of nitriles is 1. The van der Waals surface area contributed by atoms with Crippen LogP contribution < -0.4 is 10.0 Å². The minimum absolute atomic E-state index is 0.000749. The highest BCUT2D eigenvalue weighted by molar-refractivity contribution is 7.89. The number of hydrogen-bond acceptors (Lipinski definition) is 5. The Morgan fingerprint density at radius 1 is 1.28 bits per heavy atom. The summed E-state index contributed by atoms with van der Waals surface area (Å²) in [5.74, 6) is -0.817. The lowest BCUT2D eigenvalue weighted by Gasteiger charge is -2.43. The van der Waals surface area contributed by atoms with Crippen LogP contribution in [0.1, 0.15) is 40.0 Å². The lowest BCUT2D eigenvalue weighted by molar-refractivity contribution is -0.131. The van der Waals surface area contributed by atoms with Gasteiger partial charge in [-0.05, 0) is 55.4 Å². The van der Waals surface area contributed by atoms with Crippen LogP contribution in [0.5, 0.6) is 0 Å². The molecule has 2 aliphatic rings. The highest BCUT2D eigenvalue weighted by atomic mass is 32.2. The highest BCUT2D eigenvalue weighted by Gasteiger charge is 2.51. The first-order valence-corrected chi connectivity index (χ1v) is 12.2. The van der Waals surface area contributed by atoms with E-state index in [9.17, 15) is 22.0 Å². The van der Waals surface area contributed by atoms with Crippen molar-refractivity contribution in [3.8, 4) is 6.07 Å². The number of likely N-dealkylation sites (tertiary alicyclic amines) is 1. The maximum Gasteiger partial charge on any atom is 0.240 e. The number of halogens is 2. The Hall–Kier alpha value is -2.09. The van der Waals surface area contributed by atoms with Crippen molar-refractivity contribution in [2.45, 2.75) is 62.7 Å². The summed E-state index contributed by atoms with van der Waals surface area (Å²) >= 11 is 0. The van der Waals surface area contributed by atoms with Crippen molar-refractivity contribution in [2.24, 2.45) is 11.3 Å². The van der Waals surface area contributed by atoms with E-state index in [0.29, 0.717) is 0 Å². The molecule has 0 radical (unpaired) electrons. The van der Waals surface area contributed by atoms with Gasteiger partial charge < -0.3 is 10.2 Å². The van der Waals surface area contributed by atoms with Gasteiger partial charge in [-0.15, -0.1) is 0 Å². The van der Waals surface area contributed by atoms with Gasteiger partial charge in [0.05, 0.1) is 24.1 Å². The number of rotatable bonds is 7. The monoisotopic (exact) mass is 468 g/mol. The van der Waals surface area contributed by atoms with Crippen LogP contribution in [0.25, 0.3) is 0 Å². The standard InChI is InChI=1S/C22H30F2N4O3S/c1-21(2)15(12-27-32(30,31)19-6-4-16(23)5-7-19)8-9-22(21,3)26-13-20(29)28-14-17(24)10-18(28)11-25/h4-7,15,17-18,26-27H,8-10,12-14H2,1-3H3/t15-,17+,18+,22-/m1/s1. The fourth-order valence-electron chi connectivity index (χ4n) is 4.73. The molecule has 2 fully saturated rings. The van der Waals surface area contributed by atoms with Crippen molar-refractivity contribution in [1.82, 2.24) is 14.9 Å². The molecule has 1 amide bonds. The van der Waals surface area contributed by atoms with Gasteiger partial charge in [0.25, 0.3) is 0 Å². The zero-order chi connectivity index (χ0) is 23.7. The van der Waals surface area contributed by atoms with Crippen LogP contribution in [0.15, 0.2) is 29.2 Å². The van der Waals surface area contributed by atoms with Crippen LogP contribution in [0, 0.1) is 28.5 Å². The van der Waals surface area contributed by atoms with Crippen LogP contribution in [0.2, 0.25) is 0 Å². The topological polar surface area (TPSA) is 102 Å². The van der Waals surface area contributed by atoms with Gasteiger partial charge in [0, 0.05) is 18.5 Å². The zero-order valence-corrected chi connectivity index (χ0v) is 19.4. The maximum atomic E-state index is 13.6. The molecule has 3 rings (SSSR count). The van der Waals surface area contributed by atoms with Crippen molar-refractivity contribution < 1.29 is 22.0 Å². The number of nitrogens with one attached hydrogen (secondary N) is 2. The van der Waals surface area contributed by atoms with E-state index in [2.05, 4.69) is 10.0 Å². The number of benzene rings is 1. The smallest absolute Gasteiger partial charge is 0.240 e. The minimum Gasteiger partial charge on any atom is -0.323 e. The summed E-state index contributed by atoms with van der Waals surface area (Å²) in [7, 11) is -3.77. The van der Waals surface area contributed by atoms with Gasteiger partial charge in [0.15, 0.2) is 0 Å². The van der Waals surface area contributed by atoms with Crippen LogP contribution in [0.3, 0.4) is 0 Å². The van der Waals surface area contributed by atoms with Gasteiger partial charge >= 0.3 is 0 Å². The third-order valence-corrected chi connectivity index (χ3v) is 8.87. The van der Waals surface area contributed by atoms with Crippen molar-refractivity contribution >= 4 is 15.9 Å². The molecule has 32 heavy (non-hydrogen) atoms. The molecule has 1 aliphatic carbocycles. The average Bonchev–Trinajstić information content (AvgIpc) is 3.22. The van der Waals surface area contributed by atoms with E-state index in [1.165, 1.54) is 17.0 Å². The largest absolute Gasteiger partial charge is 0.323 e. The predicted molar refractivity (Wildman–Crippen MR) is 115 cm³/mol. The molecule has 0 unspecified atom stereocenters. The molecule has 1 saturated carbocycles. The van der Waals surface area contributed by atoms with E-state index in [0.717, 1.165) is 25.0 Å². The third-order valence-electron chi connectivity index (χ3n) is 7.43. The van der Waals surface area contributed by atoms with Crippen molar-refractivity contribution in [3.05, 3.63) is 30.1 Å². The van der Waals surface area contributed by atoms with Gasteiger partial charge in [0.1, 0.15) is 18.0 Å². The molecule has 1 saturated heterocycles. The number of amides is 1. The first-order chi connectivity index (χ1) is 14.9. The lowest BCUT2D eigenvalue weighted by atomic mass is 9.71. The molecule has 0 bridgehead atoms. The maximum absolute atomic E-state index is 13.6. The van der Waals surface area contributed by atoms with Gasteiger partial charge in [-0.3, -0.25) is 4.79 Å². The number of hydrogen-bond donors (Lipinski definition) is 2. The van der Waals surface area contributed by atoms with Gasteiger partial charge in [0.2, 0.25) is 15.9 Å². The molecule has 0 aromatic heterocycles. The van der Waals surface area contributed by atoms with E-state index in [1.54, 1.807) is 0 Å². The normalized spacial score (nSPS) is 29.8. The van der Waals surface area contributed by atoms with E-state index < -0.39 is 33.6 Å². The molecule has 1 heterocycles. The second kappa shape index (κ2) is 9.04. The Balaban J connectivity index is 1.61. The molecular formula is C22H30F2N4O3S. The van der Waals surface area contributed by atoms with Gasteiger partial charge in [-0.1, -0.05) is 13.8 Å². The fraction of sp³-hybridized carbons (Fsp3) is 0.636. The van der Waals surface area contributed by atoms with E-state index >= 15 is 0 Å². The molecule has 2 N–H and O–H groups in total. The number of alkyl halides is 1. The SMILES string of the molecule is CC1(C)[C@@H](CNS(=O)(=O)c2ccc(F)cc2)CC[C@@]1(C)NCC(=O)N1C[C@@H](F)C[C@H]1C#N. The molecule has 7 nitrogen and oxygen atoms in total. The quantitative estimate of drug-likeness (QED) is 0.640. The number of nitrogens with zero attached hydrogens (tertiary/aromatic N) is 2. The van der Waals surface area contributed by atoms with Gasteiger partial charge in [-0.25, -0.2) is 21.9 Å². The average molecular weight is 469 g/mol. The Labute approximate surface area is 188 Å². The minimum atomic E-state index is -3.77. The number of sulfonamides is 1. The molecule has 4 atom stereocenters. The van der Waals surface area contributed by atoms with Crippen molar-refractivity contribution in [3.63, 3.8) is 0 Å². The Morgan fingerprint density at radius 2 is 1.94 bits per heavy atom. The van der Waals surface area contributed by atoms with Crippen LogP contribution in [0.4, 0.5) is 8.78 Å². The first kappa shape index (κ1) is 24.6. The van der Waals surface area contributed by atoms with Crippen molar-refractivity contribution in [2.75, 3.05) is 19.6 Å². The lowest BCUT2D eigenvalue weighted by Crippen LogP contribution is -2.56. The second-order valence-corrected chi connectivity index (χ2v) is 11.2. The van der Waals surface area contributed by atoms with Crippen LogP contribution in [-0.4, -0.2) is 56.6 Å². The summed E-state index contributed by atoms with van der Waals surface area (Å²) in [4.78, 5) is 13.9. The Kier molecular flexibility index (Phi) is 6.94. The van der Waals surface area contributed by atoms with E-state index in [4.69, 9.17) is 5.26 Å². The van der Waals surface area contributed by atoms with E-state index in [1.807, 2.05) is 26.8 Å². The third kappa shape index (κ3) is 4.80. The van der Waals surface area contributed by atoms with Crippen LogP contribution >= 0.6 is 0 Å². The molecule has 10 heteroatoms. The number of carbonyl (C=O) groups is 1. The molecule has 1 aliphatic heterocycles. The molecular weight excluding hydrogens is 438 g/mol. The fourth-order valence-corrected chi connectivity index (χ4v) is 5.81. The zero-order valence-electron chi connectivity index (χ0n) is 18.6.